The largest absolute Gasteiger partial charge is 0.493 e. The number of benzene rings is 2. The molecule has 6 nitrogen and oxygen atoms in total. The van der Waals surface area contributed by atoms with Crippen LogP contribution in [0, 0.1) is 0 Å². The fraction of sp³-hybridized carbons (Fsp3) is 0.375. The molecular formula is C24H25F6NO5S. The lowest BCUT2D eigenvalue weighted by molar-refractivity contribution is -0.0687. The SMILES string of the molecule is C=C(c1ccc(OCCCOc2ccc(/C(=N/OS(=O)(=O)CCCC)C(F)(F)F)cc2)cc1)C(F)(F)F. The smallest absolute Gasteiger partial charge is 0.437 e. The summed E-state index contributed by atoms with van der Waals surface area (Å²) in [5, 5.41) is 2.85. The maximum Gasteiger partial charge on any atom is 0.437 e. The Bertz CT molecular complexity index is 1160. The van der Waals surface area contributed by atoms with Gasteiger partial charge in [0.05, 0.1) is 24.5 Å². The number of ether oxygens (including phenoxy) is 2. The average Bonchev–Trinajstić information content (AvgIpc) is 2.82. The van der Waals surface area contributed by atoms with E-state index in [0.29, 0.717) is 18.6 Å². The van der Waals surface area contributed by atoms with Crippen molar-refractivity contribution in [2.24, 2.45) is 5.16 Å². The first-order valence-corrected chi connectivity index (χ1v) is 12.6. The molecule has 204 valence electrons. The summed E-state index contributed by atoms with van der Waals surface area (Å²) < 4.78 is 117. The molecule has 2 rings (SSSR count). The van der Waals surface area contributed by atoms with Gasteiger partial charge in [-0.25, -0.2) is 0 Å². The number of halogens is 6. The lowest BCUT2D eigenvalue weighted by Gasteiger charge is -2.12. The number of alkyl halides is 6. The topological polar surface area (TPSA) is 74.2 Å². The van der Waals surface area contributed by atoms with E-state index in [1.54, 1.807) is 6.92 Å². The first-order valence-electron chi connectivity index (χ1n) is 11.0. The van der Waals surface area contributed by atoms with Crippen molar-refractivity contribution in [3.63, 3.8) is 0 Å². The monoisotopic (exact) mass is 553 g/mol. The van der Waals surface area contributed by atoms with Crippen LogP contribution in [0.4, 0.5) is 26.3 Å². The van der Waals surface area contributed by atoms with E-state index in [0.717, 1.165) is 12.1 Å². The van der Waals surface area contributed by atoms with Crippen LogP contribution >= 0.6 is 0 Å². The number of oxime groups is 1. The molecule has 2 aromatic carbocycles. The molecule has 13 heteroatoms. The summed E-state index contributed by atoms with van der Waals surface area (Å²) in [4.78, 5) is 0. The van der Waals surface area contributed by atoms with Crippen LogP contribution in [0.2, 0.25) is 0 Å². The molecule has 0 saturated carbocycles. The Hall–Kier alpha value is -3.22. The first-order chi connectivity index (χ1) is 17.2. The van der Waals surface area contributed by atoms with Crippen molar-refractivity contribution in [2.45, 2.75) is 38.5 Å². The lowest BCUT2D eigenvalue weighted by Crippen LogP contribution is -2.25. The van der Waals surface area contributed by atoms with Gasteiger partial charge in [-0.3, -0.25) is 4.28 Å². The van der Waals surface area contributed by atoms with Crippen molar-refractivity contribution in [1.29, 1.82) is 0 Å². The molecule has 2 aromatic rings. The third-order valence-electron chi connectivity index (χ3n) is 4.76. The highest BCUT2D eigenvalue weighted by atomic mass is 32.2. The number of rotatable bonds is 13. The minimum Gasteiger partial charge on any atom is -0.493 e. The molecule has 0 aliphatic rings. The molecule has 0 aliphatic carbocycles. The highest BCUT2D eigenvalue weighted by molar-refractivity contribution is 7.86. The van der Waals surface area contributed by atoms with E-state index in [1.807, 2.05) is 0 Å². The number of unbranched alkanes of at least 4 members (excludes halogenated alkanes) is 1. The van der Waals surface area contributed by atoms with Gasteiger partial charge in [0.15, 0.2) is 5.71 Å². The van der Waals surface area contributed by atoms with Gasteiger partial charge in [0.1, 0.15) is 11.5 Å². The van der Waals surface area contributed by atoms with Crippen LogP contribution in [-0.4, -0.2) is 45.4 Å². The van der Waals surface area contributed by atoms with Crippen LogP contribution in [0.25, 0.3) is 5.57 Å². The summed E-state index contributed by atoms with van der Waals surface area (Å²) in [5.74, 6) is 0.144. The zero-order valence-corrected chi connectivity index (χ0v) is 20.5. The minimum absolute atomic E-state index is 0.0740. The molecule has 0 unspecified atom stereocenters. The molecule has 0 radical (unpaired) electrons. The molecule has 0 amide bonds. The summed E-state index contributed by atoms with van der Waals surface area (Å²) in [6.07, 6.45) is -8.38. The van der Waals surface area contributed by atoms with Gasteiger partial charge in [-0.05, 0) is 48.4 Å². The summed E-state index contributed by atoms with van der Waals surface area (Å²) in [6.45, 7) is 5.05. The maximum atomic E-state index is 13.4. The standard InChI is InChI=1S/C24H25F6NO5S/c1-3-4-16-37(32,33)36-31-22(24(28,29)30)19-8-12-21(13-9-19)35-15-5-14-34-20-10-6-18(7-11-20)17(2)23(25,26)27/h6-13H,2-5,14-16H2,1H3/b31-22-. The second-order valence-corrected chi connectivity index (χ2v) is 9.38. The van der Waals surface area contributed by atoms with E-state index >= 15 is 0 Å². The lowest BCUT2D eigenvalue weighted by atomic mass is 10.1. The Balaban J connectivity index is 1.88. The second kappa shape index (κ2) is 12.8. The van der Waals surface area contributed by atoms with Crippen molar-refractivity contribution < 1.29 is 48.5 Å². The van der Waals surface area contributed by atoms with Crippen molar-refractivity contribution in [2.75, 3.05) is 19.0 Å². The van der Waals surface area contributed by atoms with Crippen LogP contribution in [-0.2, 0) is 14.4 Å². The van der Waals surface area contributed by atoms with Gasteiger partial charge in [-0.15, -0.1) is 0 Å². The van der Waals surface area contributed by atoms with E-state index < -0.39 is 45.1 Å². The molecular weight excluding hydrogens is 528 g/mol. The zero-order valence-electron chi connectivity index (χ0n) is 19.7. The normalized spacial score (nSPS) is 12.8. The highest BCUT2D eigenvalue weighted by Crippen LogP contribution is 2.32. The van der Waals surface area contributed by atoms with Gasteiger partial charge in [0.2, 0.25) is 0 Å². The van der Waals surface area contributed by atoms with E-state index in [-0.39, 0.29) is 30.9 Å². The number of nitrogens with zero attached hydrogens (tertiary/aromatic N) is 1. The summed E-state index contributed by atoms with van der Waals surface area (Å²) in [7, 11) is -4.24. The molecule has 0 aliphatic heterocycles. The third kappa shape index (κ3) is 9.98. The van der Waals surface area contributed by atoms with Crippen LogP contribution in [0.1, 0.15) is 37.3 Å². The summed E-state index contributed by atoms with van der Waals surface area (Å²) >= 11 is 0. The molecule has 0 heterocycles. The van der Waals surface area contributed by atoms with Gasteiger partial charge < -0.3 is 9.47 Å². The molecule has 0 atom stereocenters. The zero-order chi connectivity index (χ0) is 27.7. The van der Waals surface area contributed by atoms with Crippen LogP contribution in [0.5, 0.6) is 11.5 Å². The molecule has 0 fully saturated rings. The van der Waals surface area contributed by atoms with E-state index in [2.05, 4.69) is 16.0 Å². The Morgan fingerprint density at radius 1 is 0.811 bits per heavy atom. The number of hydrogen-bond acceptors (Lipinski definition) is 6. The van der Waals surface area contributed by atoms with E-state index in [4.69, 9.17) is 9.47 Å². The summed E-state index contributed by atoms with van der Waals surface area (Å²) in [6, 6.07) is 9.90. The fourth-order valence-corrected chi connectivity index (χ4v) is 3.69. The van der Waals surface area contributed by atoms with Gasteiger partial charge >= 0.3 is 22.5 Å². The number of allylic oxidation sites excluding steroid dienone is 1. The predicted octanol–water partition coefficient (Wildman–Crippen LogP) is 6.52. The van der Waals surface area contributed by atoms with Crippen LogP contribution < -0.4 is 9.47 Å². The van der Waals surface area contributed by atoms with E-state index in [9.17, 15) is 34.8 Å². The Labute approximate surface area is 210 Å². The molecule has 0 aromatic heterocycles. The second-order valence-electron chi connectivity index (χ2n) is 7.70. The van der Waals surface area contributed by atoms with Crippen molar-refractivity contribution in [3.8, 4) is 11.5 Å². The van der Waals surface area contributed by atoms with Gasteiger partial charge in [0.25, 0.3) is 0 Å². The average molecular weight is 554 g/mol. The maximum absolute atomic E-state index is 13.4. The first kappa shape index (κ1) is 30.0. The number of hydrogen-bond donors (Lipinski definition) is 0. The minimum atomic E-state index is -4.96. The van der Waals surface area contributed by atoms with Gasteiger partial charge in [-0.1, -0.05) is 37.2 Å². The van der Waals surface area contributed by atoms with Gasteiger partial charge in [0, 0.05) is 12.0 Å². The Morgan fingerprint density at radius 3 is 1.73 bits per heavy atom. The van der Waals surface area contributed by atoms with Crippen LogP contribution in [0.15, 0.2) is 60.3 Å². The molecule has 0 spiro atoms. The van der Waals surface area contributed by atoms with Crippen molar-refractivity contribution in [1.82, 2.24) is 0 Å². The molecule has 0 bridgehead atoms. The molecule has 37 heavy (non-hydrogen) atoms. The van der Waals surface area contributed by atoms with Gasteiger partial charge in [-0.2, -0.15) is 34.8 Å². The fourth-order valence-electron chi connectivity index (χ4n) is 2.78. The van der Waals surface area contributed by atoms with E-state index in [1.165, 1.54) is 36.4 Å². The highest BCUT2D eigenvalue weighted by Gasteiger charge is 2.38. The quantitative estimate of drug-likeness (QED) is 0.122. The summed E-state index contributed by atoms with van der Waals surface area (Å²) in [5.41, 5.74) is -2.95. The predicted molar refractivity (Wildman–Crippen MR) is 126 cm³/mol. The Kier molecular flexibility index (Phi) is 10.4. The molecule has 0 saturated heterocycles. The van der Waals surface area contributed by atoms with Crippen molar-refractivity contribution >= 4 is 21.4 Å². The third-order valence-corrected chi connectivity index (χ3v) is 5.85. The van der Waals surface area contributed by atoms with Crippen molar-refractivity contribution in [3.05, 3.63) is 66.2 Å². The van der Waals surface area contributed by atoms with Crippen LogP contribution in [0.3, 0.4) is 0 Å². The molecule has 0 N–H and O–H groups in total. The Morgan fingerprint density at radius 2 is 1.30 bits per heavy atom.